The van der Waals surface area contributed by atoms with Gasteiger partial charge in [0, 0.05) is 5.56 Å². The number of benzene rings is 2. The van der Waals surface area contributed by atoms with Crippen LogP contribution in [0.25, 0.3) is 11.1 Å². The number of aromatic hydroxyl groups is 1. The van der Waals surface area contributed by atoms with E-state index in [4.69, 9.17) is 0 Å². The van der Waals surface area contributed by atoms with Crippen molar-refractivity contribution in [3.8, 4) is 16.9 Å². The molecule has 2 heteroatoms. The lowest BCUT2D eigenvalue weighted by molar-refractivity contribution is 0.112. The monoisotopic (exact) mass is 226 g/mol. The van der Waals surface area contributed by atoms with Crippen LogP contribution in [0.1, 0.15) is 21.5 Å². The van der Waals surface area contributed by atoms with Crippen LogP contribution in [-0.4, -0.2) is 11.4 Å². The molecule has 0 unspecified atom stereocenters. The molecule has 0 amide bonds. The van der Waals surface area contributed by atoms with Gasteiger partial charge in [0.1, 0.15) is 12.0 Å². The number of phenols is 1. The lowest BCUT2D eigenvalue weighted by atomic mass is 9.94. The standard InChI is InChI=1S/C15H14O2/c1-10-4-3-5-11(2)15(10)13-6-12(9-16)7-14(17)8-13/h3-9,17H,1-2H3. The van der Waals surface area contributed by atoms with Crippen LogP contribution in [0.2, 0.25) is 0 Å². The quantitative estimate of drug-likeness (QED) is 0.796. The Labute approximate surface area is 101 Å². The van der Waals surface area contributed by atoms with Crippen LogP contribution in [0.4, 0.5) is 0 Å². The van der Waals surface area contributed by atoms with Gasteiger partial charge in [-0.15, -0.1) is 0 Å². The van der Waals surface area contributed by atoms with Crippen LogP contribution in [0.5, 0.6) is 5.75 Å². The number of hydrogen-bond donors (Lipinski definition) is 1. The van der Waals surface area contributed by atoms with Gasteiger partial charge in [-0.1, -0.05) is 18.2 Å². The van der Waals surface area contributed by atoms with Crippen molar-refractivity contribution in [3.05, 3.63) is 53.1 Å². The maximum absolute atomic E-state index is 10.8. The van der Waals surface area contributed by atoms with Gasteiger partial charge in [0.25, 0.3) is 0 Å². The molecule has 1 N–H and O–H groups in total. The number of carbonyl (C=O) groups is 1. The summed E-state index contributed by atoms with van der Waals surface area (Å²) < 4.78 is 0. The molecule has 0 aliphatic carbocycles. The Morgan fingerprint density at radius 2 is 1.71 bits per heavy atom. The molecule has 0 saturated heterocycles. The molecule has 0 aliphatic heterocycles. The van der Waals surface area contributed by atoms with Gasteiger partial charge in [-0.25, -0.2) is 0 Å². The first kappa shape index (κ1) is 11.4. The molecule has 0 saturated carbocycles. The van der Waals surface area contributed by atoms with E-state index in [9.17, 15) is 9.90 Å². The number of aryl methyl sites for hydroxylation is 2. The highest BCUT2D eigenvalue weighted by molar-refractivity contribution is 5.81. The summed E-state index contributed by atoms with van der Waals surface area (Å²) in [5.74, 6) is 0.118. The van der Waals surface area contributed by atoms with Crippen molar-refractivity contribution in [2.75, 3.05) is 0 Å². The molecule has 0 atom stereocenters. The van der Waals surface area contributed by atoms with Crippen molar-refractivity contribution in [3.63, 3.8) is 0 Å². The number of hydrogen-bond acceptors (Lipinski definition) is 2. The Bertz CT molecular complexity index is 551. The fourth-order valence-corrected chi connectivity index (χ4v) is 2.12. The molecular weight excluding hydrogens is 212 g/mol. The van der Waals surface area contributed by atoms with Crippen molar-refractivity contribution in [2.24, 2.45) is 0 Å². The maximum atomic E-state index is 10.8. The Balaban J connectivity index is 2.68. The Morgan fingerprint density at radius 1 is 1.06 bits per heavy atom. The number of aldehydes is 1. The van der Waals surface area contributed by atoms with Crippen LogP contribution in [0, 0.1) is 13.8 Å². The minimum atomic E-state index is 0.118. The van der Waals surface area contributed by atoms with E-state index in [1.54, 1.807) is 12.1 Å². The Kier molecular flexibility index (Phi) is 2.96. The molecule has 2 aromatic carbocycles. The van der Waals surface area contributed by atoms with Crippen molar-refractivity contribution in [2.45, 2.75) is 13.8 Å². The largest absolute Gasteiger partial charge is 0.508 e. The first-order chi connectivity index (χ1) is 8.11. The van der Waals surface area contributed by atoms with Crippen molar-refractivity contribution < 1.29 is 9.90 Å². The van der Waals surface area contributed by atoms with Gasteiger partial charge < -0.3 is 5.11 Å². The predicted molar refractivity (Wildman–Crippen MR) is 68.4 cm³/mol. The number of rotatable bonds is 2. The smallest absolute Gasteiger partial charge is 0.150 e. The molecule has 0 radical (unpaired) electrons. The van der Waals surface area contributed by atoms with E-state index in [0.29, 0.717) is 5.56 Å². The summed E-state index contributed by atoms with van der Waals surface area (Å²) >= 11 is 0. The second kappa shape index (κ2) is 4.42. The third kappa shape index (κ3) is 2.21. The zero-order chi connectivity index (χ0) is 12.4. The molecule has 0 aromatic heterocycles. The van der Waals surface area contributed by atoms with E-state index >= 15 is 0 Å². The fraction of sp³-hybridized carbons (Fsp3) is 0.133. The van der Waals surface area contributed by atoms with Gasteiger partial charge in [0.15, 0.2) is 0 Å². The van der Waals surface area contributed by atoms with Crippen LogP contribution in [-0.2, 0) is 0 Å². The summed E-state index contributed by atoms with van der Waals surface area (Å²) in [5, 5.41) is 9.61. The minimum absolute atomic E-state index is 0.118. The van der Waals surface area contributed by atoms with Crippen molar-refractivity contribution in [1.82, 2.24) is 0 Å². The summed E-state index contributed by atoms with van der Waals surface area (Å²) in [5.41, 5.74) is 4.71. The van der Waals surface area contributed by atoms with Gasteiger partial charge >= 0.3 is 0 Å². The highest BCUT2D eigenvalue weighted by Crippen LogP contribution is 2.30. The zero-order valence-corrected chi connectivity index (χ0v) is 9.90. The van der Waals surface area contributed by atoms with E-state index in [-0.39, 0.29) is 5.75 Å². The molecule has 0 aliphatic rings. The summed E-state index contributed by atoms with van der Waals surface area (Å²) in [4.78, 5) is 10.8. The molecule has 2 aromatic rings. The van der Waals surface area contributed by atoms with Crippen molar-refractivity contribution in [1.29, 1.82) is 0 Å². The van der Waals surface area contributed by atoms with Gasteiger partial charge in [0.05, 0.1) is 0 Å². The first-order valence-corrected chi connectivity index (χ1v) is 5.47. The molecule has 2 rings (SSSR count). The molecule has 2 nitrogen and oxygen atoms in total. The third-order valence-electron chi connectivity index (χ3n) is 2.85. The Morgan fingerprint density at radius 3 is 2.29 bits per heavy atom. The molecule has 86 valence electrons. The average Bonchev–Trinajstić information content (AvgIpc) is 2.28. The van der Waals surface area contributed by atoms with Gasteiger partial charge in [-0.3, -0.25) is 4.79 Å². The minimum Gasteiger partial charge on any atom is -0.508 e. The van der Waals surface area contributed by atoms with Crippen LogP contribution >= 0.6 is 0 Å². The lowest BCUT2D eigenvalue weighted by Crippen LogP contribution is -1.89. The number of carbonyl (C=O) groups excluding carboxylic acids is 1. The molecule has 0 spiro atoms. The fourth-order valence-electron chi connectivity index (χ4n) is 2.12. The topological polar surface area (TPSA) is 37.3 Å². The molecule has 0 fully saturated rings. The summed E-state index contributed by atoms with van der Waals surface area (Å²) in [7, 11) is 0. The molecule has 0 heterocycles. The van der Waals surface area contributed by atoms with E-state index in [1.165, 1.54) is 6.07 Å². The average molecular weight is 226 g/mol. The normalized spacial score (nSPS) is 10.2. The van der Waals surface area contributed by atoms with Crippen LogP contribution in [0.15, 0.2) is 36.4 Å². The highest BCUT2D eigenvalue weighted by Gasteiger charge is 2.07. The SMILES string of the molecule is Cc1cccc(C)c1-c1cc(O)cc(C=O)c1. The summed E-state index contributed by atoms with van der Waals surface area (Å²) in [6, 6.07) is 11.0. The highest BCUT2D eigenvalue weighted by atomic mass is 16.3. The van der Waals surface area contributed by atoms with Gasteiger partial charge in [-0.2, -0.15) is 0 Å². The molecule has 0 bridgehead atoms. The van der Waals surface area contributed by atoms with E-state index < -0.39 is 0 Å². The van der Waals surface area contributed by atoms with E-state index in [2.05, 4.69) is 0 Å². The second-order valence-corrected chi connectivity index (χ2v) is 4.20. The second-order valence-electron chi connectivity index (χ2n) is 4.20. The van der Waals surface area contributed by atoms with Crippen LogP contribution in [0.3, 0.4) is 0 Å². The maximum Gasteiger partial charge on any atom is 0.150 e. The summed E-state index contributed by atoms with van der Waals surface area (Å²) in [6.07, 6.45) is 0.747. The molecular formula is C15H14O2. The lowest BCUT2D eigenvalue weighted by Gasteiger charge is -2.10. The van der Waals surface area contributed by atoms with Crippen molar-refractivity contribution >= 4 is 6.29 Å². The first-order valence-electron chi connectivity index (χ1n) is 5.47. The van der Waals surface area contributed by atoms with E-state index in [0.717, 1.165) is 28.5 Å². The predicted octanol–water partition coefficient (Wildman–Crippen LogP) is 3.49. The van der Waals surface area contributed by atoms with Gasteiger partial charge in [-0.05, 0) is 54.3 Å². The summed E-state index contributed by atoms with van der Waals surface area (Å²) in [6.45, 7) is 4.04. The van der Waals surface area contributed by atoms with E-state index in [1.807, 2.05) is 32.0 Å². The zero-order valence-electron chi connectivity index (χ0n) is 9.90. The van der Waals surface area contributed by atoms with Crippen LogP contribution < -0.4 is 0 Å². The molecule has 17 heavy (non-hydrogen) atoms. The van der Waals surface area contributed by atoms with Gasteiger partial charge in [0.2, 0.25) is 0 Å². The third-order valence-corrected chi connectivity index (χ3v) is 2.85. The Hall–Kier alpha value is -2.09. The number of phenolic OH excluding ortho intramolecular Hbond substituents is 1.